The van der Waals surface area contributed by atoms with Crippen LogP contribution in [-0.4, -0.2) is 29.7 Å². The summed E-state index contributed by atoms with van der Waals surface area (Å²) in [4.78, 5) is 14.2. The molecule has 0 aliphatic carbocycles. The Morgan fingerprint density at radius 2 is 1.95 bits per heavy atom. The maximum Gasteiger partial charge on any atom is 0.236 e. The second-order valence-electron chi connectivity index (χ2n) is 5.29. The molecule has 1 aromatic carbocycles. The van der Waals surface area contributed by atoms with E-state index in [0.29, 0.717) is 5.92 Å². The molecule has 1 aliphatic heterocycles. The van der Waals surface area contributed by atoms with Gasteiger partial charge in [-0.1, -0.05) is 26.0 Å². The lowest BCUT2D eigenvalue weighted by atomic mass is 10.1. The summed E-state index contributed by atoms with van der Waals surface area (Å²) in [6.07, 6.45) is 0. The maximum atomic E-state index is 12.2. The highest BCUT2D eigenvalue weighted by atomic mass is 32.2. The number of carbonyl (C=O) groups excluding carboxylic acids is 1. The summed E-state index contributed by atoms with van der Waals surface area (Å²) >= 11 is 1.73. The molecule has 3 nitrogen and oxygen atoms in total. The molecular weight excluding hydrogens is 258 g/mol. The summed E-state index contributed by atoms with van der Waals surface area (Å²) in [5, 5.41) is 0.182. The van der Waals surface area contributed by atoms with Crippen molar-refractivity contribution in [3.63, 3.8) is 0 Å². The standard InChI is InChI=1S/C15H21NO2S/c1-10(2)9-16-14(17)11(3)19-15(16)12-5-7-13(18-4)8-6-12/h5-8,10-11,15H,9H2,1-4H3/t11-,15+/m0/s1. The Hall–Kier alpha value is -1.16. The molecule has 1 aliphatic rings. The van der Waals surface area contributed by atoms with Crippen molar-refractivity contribution in [3.05, 3.63) is 29.8 Å². The zero-order chi connectivity index (χ0) is 14.0. The smallest absolute Gasteiger partial charge is 0.236 e. The Morgan fingerprint density at radius 1 is 1.32 bits per heavy atom. The monoisotopic (exact) mass is 279 g/mol. The number of methoxy groups -OCH3 is 1. The van der Waals surface area contributed by atoms with Crippen molar-refractivity contribution in [3.8, 4) is 5.75 Å². The van der Waals surface area contributed by atoms with Crippen molar-refractivity contribution < 1.29 is 9.53 Å². The second kappa shape index (κ2) is 5.87. The molecule has 1 heterocycles. The van der Waals surface area contributed by atoms with Gasteiger partial charge >= 0.3 is 0 Å². The first-order valence-electron chi connectivity index (χ1n) is 6.62. The molecule has 1 fully saturated rings. The van der Waals surface area contributed by atoms with Gasteiger partial charge in [0, 0.05) is 6.54 Å². The van der Waals surface area contributed by atoms with Crippen molar-refractivity contribution >= 4 is 17.7 Å². The minimum Gasteiger partial charge on any atom is -0.497 e. The fourth-order valence-electron chi connectivity index (χ4n) is 2.28. The van der Waals surface area contributed by atoms with Crippen LogP contribution in [0.4, 0.5) is 0 Å². The van der Waals surface area contributed by atoms with E-state index in [4.69, 9.17) is 4.74 Å². The quantitative estimate of drug-likeness (QED) is 0.847. The van der Waals surface area contributed by atoms with Gasteiger partial charge in [-0.05, 0) is 30.5 Å². The minimum atomic E-state index is 0.0471. The van der Waals surface area contributed by atoms with E-state index in [9.17, 15) is 4.79 Å². The molecule has 19 heavy (non-hydrogen) atoms. The van der Waals surface area contributed by atoms with E-state index in [1.807, 2.05) is 24.0 Å². The van der Waals surface area contributed by atoms with Crippen LogP contribution in [0.15, 0.2) is 24.3 Å². The van der Waals surface area contributed by atoms with Crippen LogP contribution in [0.5, 0.6) is 5.75 Å². The van der Waals surface area contributed by atoms with Crippen molar-refractivity contribution in [1.29, 1.82) is 0 Å². The number of ether oxygens (including phenoxy) is 1. The van der Waals surface area contributed by atoms with E-state index in [2.05, 4.69) is 26.0 Å². The van der Waals surface area contributed by atoms with Crippen LogP contribution in [0.1, 0.15) is 31.7 Å². The summed E-state index contributed by atoms with van der Waals surface area (Å²) in [7, 11) is 1.66. The fourth-order valence-corrected chi connectivity index (χ4v) is 3.57. The molecule has 0 N–H and O–H groups in total. The summed E-state index contributed by atoms with van der Waals surface area (Å²) in [5.74, 6) is 1.58. The van der Waals surface area contributed by atoms with Crippen molar-refractivity contribution in [2.24, 2.45) is 5.92 Å². The lowest BCUT2D eigenvalue weighted by Crippen LogP contribution is -2.33. The third kappa shape index (κ3) is 3.06. The van der Waals surface area contributed by atoms with Crippen molar-refractivity contribution in [2.75, 3.05) is 13.7 Å². The Bertz CT molecular complexity index is 444. The molecule has 4 heteroatoms. The van der Waals surface area contributed by atoms with Gasteiger partial charge < -0.3 is 9.64 Å². The highest BCUT2D eigenvalue weighted by Crippen LogP contribution is 2.43. The molecule has 0 unspecified atom stereocenters. The third-order valence-electron chi connectivity index (χ3n) is 3.21. The number of carbonyl (C=O) groups is 1. The number of nitrogens with zero attached hydrogens (tertiary/aromatic N) is 1. The minimum absolute atomic E-state index is 0.0471. The molecule has 2 rings (SSSR count). The summed E-state index contributed by atoms with van der Waals surface area (Å²) in [6.45, 7) is 7.09. The number of amides is 1. The highest BCUT2D eigenvalue weighted by molar-refractivity contribution is 8.01. The van der Waals surface area contributed by atoms with E-state index in [0.717, 1.165) is 12.3 Å². The Balaban J connectivity index is 2.22. The molecule has 0 radical (unpaired) electrons. The van der Waals surface area contributed by atoms with Gasteiger partial charge in [0.15, 0.2) is 0 Å². The number of rotatable bonds is 4. The first-order chi connectivity index (χ1) is 9.02. The molecule has 0 spiro atoms. The fraction of sp³-hybridized carbons (Fsp3) is 0.533. The van der Waals surface area contributed by atoms with Gasteiger partial charge in [0.25, 0.3) is 0 Å². The molecule has 2 atom stereocenters. The lowest BCUT2D eigenvalue weighted by molar-refractivity contribution is -0.130. The first kappa shape index (κ1) is 14.3. The third-order valence-corrected chi connectivity index (χ3v) is 4.60. The Labute approximate surface area is 119 Å². The van der Waals surface area contributed by atoms with Crippen LogP contribution < -0.4 is 4.74 Å². The molecule has 0 aromatic heterocycles. The van der Waals surface area contributed by atoms with Crippen LogP contribution in [0, 0.1) is 5.92 Å². The van der Waals surface area contributed by atoms with Crippen LogP contribution in [0.25, 0.3) is 0 Å². The molecule has 1 aromatic rings. The molecule has 0 bridgehead atoms. The van der Waals surface area contributed by atoms with E-state index in [1.54, 1.807) is 18.9 Å². The highest BCUT2D eigenvalue weighted by Gasteiger charge is 2.38. The van der Waals surface area contributed by atoms with E-state index < -0.39 is 0 Å². The summed E-state index contributed by atoms with van der Waals surface area (Å²) in [5.41, 5.74) is 1.17. The average molecular weight is 279 g/mol. The van der Waals surface area contributed by atoms with E-state index in [-0.39, 0.29) is 16.5 Å². The average Bonchev–Trinajstić information content (AvgIpc) is 2.67. The van der Waals surface area contributed by atoms with Gasteiger partial charge in [-0.2, -0.15) is 0 Å². The van der Waals surface area contributed by atoms with Gasteiger partial charge in [-0.25, -0.2) is 0 Å². The Morgan fingerprint density at radius 3 is 2.47 bits per heavy atom. The van der Waals surface area contributed by atoms with Gasteiger partial charge in [0.2, 0.25) is 5.91 Å². The van der Waals surface area contributed by atoms with Gasteiger partial charge in [-0.3, -0.25) is 4.79 Å². The SMILES string of the molecule is COc1ccc([C@H]2S[C@@H](C)C(=O)N2CC(C)C)cc1. The predicted molar refractivity (Wildman–Crippen MR) is 79.3 cm³/mol. The lowest BCUT2D eigenvalue weighted by Gasteiger charge is -2.26. The molecule has 1 saturated heterocycles. The molecular formula is C15H21NO2S. The number of hydrogen-bond donors (Lipinski definition) is 0. The van der Waals surface area contributed by atoms with Gasteiger partial charge in [0.1, 0.15) is 11.1 Å². The molecule has 1 amide bonds. The van der Waals surface area contributed by atoms with Crippen LogP contribution in [-0.2, 0) is 4.79 Å². The predicted octanol–water partition coefficient (Wildman–Crippen LogP) is 3.31. The first-order valence-corrected chi connectivity index (χ1v) is 7.57. The van der Waals surface area contributed by atoms with Gasteiger partial charge in [0.05, 0.1) is 12.4 Å². The zero-order valence-electron chi connectivity index (χ0n) is 11.9. The molecule has 0 saturated carbocycles. The number of benzene rings is 1. The van der Waals surface area contributed by atoms with Crippen molar-refractivity contribution in [2.45, 2.75) is 31.4 Å². The molecule has 104 valence electrons. The topological polar surface area (TPSA) is 29.5 Å². The Kier molecular flexibility index (Phi) is 4.40. The largest absolute Gasteiger partial charge is 0.497 e. The summed E-state index contributed by atoms with van der Waals surface area (Å²) in [6, 6.07) is 8.01. The van der Waals surface area contributed by atoms with E-state index >= 15 is 0 Å². The van der Waals surface area contributed by atoms with Crippen LogP contribution >= 0.6 is 11.8 Å². The maximum absolute atomic E-state index is 12.2. The van der Waals surface area contributed by atoms with Gasteiger partial charge in [-0.15, -0.1) is 11.8 Å². The van der Waals surface area contributed by atoms with Crippen LogP contribution in [0.2, 0.25) is 0 Å². The number of hydrogen-bond acceptors (Lipinski definition) is 3. The van der Waals surface area contributed by atoms with Crippen molar-refractivity contribution in [1.82, 2.24) is 4.90 Å². The normalized spacial score (nSPS) is 23.2. The number of thioether (sulfide) groups is 1. The van der Waals surface area contributed by atoms with Crippen LogP contribution in [0.3, 0.4) is 0 Å². The van der Waals surface area contributed by atoms with E-state index in [1.165, 1.54) is 5.56 Å². The summed E-state index contributed by atoms with van der Waals surface area (Å²) < 4.78 is 5.18. The second-order valence-corrected chi connectivity index (χ2v) is 6.71. The zero-order valence-corrected chi connectivity index (χ0v) is 12.7.